The molecule has 2 N–H and O–H groups in total. The fourth-order valence-corrected chi connectivity index (χ4v) is 3.82. The molecule has 1 aromatic rings. The molecule has 2 fully saturated rings. The summed E-state index contributed by atoms with van der Waals surface area (Å²) in [5, 5.41) is 0. The van der Waals surface area contributed by atoms with Crippen LogP contribution in [0.1, 0.15) is 37.3 Å². The number of likely N-dealkylation sites (tertiary alicyclic amines) is 1. The van der Waals surface area contributed by atoms with E-state index in [0.29, 0.717) is 19.8 Å². The molecule has 2 atom stereocenters. The highest BCUT2D eigenvalue weighted by Gasteiger charge is 2.37. The lowest BCUT2D eigenvalue weighted by Gasteiger charge is -2.27. The Bertz CT molecular complexity index is 599. The number of carbonyl (C=O) groups excluding carboxylic acids is 1. The molecule has 0 aliphatic carbocycles. The van der Waals surface area contributed by atoms with Crippen molar-refractivity contribution in [1.29, 1.82) is 0 Å². The second-order valence-electron chi connectivity index (χ2n) is 6.75. The third-order valence-electron chi connectivity index (χ3n) is 5.14. The van der Waals surface area contributed by atoms with Crippen molar-refractivity contribution < 1.29 is 14.3 Å². The average Bonchev–Trinajstić information content (AvgIpc) is 2.95. The number of carbonyl (C=O) groups is 1. The van der Waals surface area contributed by atoms with Gasteiger partial charge in [0.05, 0.1) is 12.0 Å². The van der Waals surface area contributed by atoms with Crippen LogP contribution in [-0.2, 0) is 4.79 Å². The normalized spacial score (nSPS) is 26.9. The van der Waals surface area contributed by atoms with E-state index in [1.165, 1.54) is 12.8 Å². The predicted octanol–water partition coefficient (Wildman–Crippen LogP) is 1.63. The third-order valence-corrected chi connectivity index (χ3v) is 5.14. The zero-order chi connectivity index (χ0) is 16.4. The van der Waals surface area contributed by atoms with Gasteiger partial charge in [0.2, 0.25) is 5.91 Å². The van der Waals surface area contributed by atoms with Gasteiger partial charge in [-0.05, 0) is 30.5 Å². The number of fused-ring (bicyclic) bond motifs is 1. The predicted molar refractivity (Wildman–Crippen MR) is 89.8 cm³/mol. The van der Waals surface area contributed by atoms with Crippen molar-refractivity contribution in [1.82, 2.24) is 15.8 Å². The maximum Gasteiger partial charge on any atom is 0.229 e. The molecule has 3 aliphatic rings. The van der Waals surface area contributed by atoms with Crippen LogP contribution in [0.4, 0.5) is 0 Å². The fourth-order valence-electron chi connectivity index (χ4n) is 3.82. The van der Waals surface area contributed by atoms with Crippen molar-refractivity contribution in [2.45, 2.75) is 31.7 Å². The van der Waals surface area contributed by atoms with Gasteiger partial charge in [-0.15, -0.1) is 0 Å². The number of amides is 1. The number of rotatable bonds is 2. The van der Waals surface area contributed by atoms with Crippen molar-refractivity contribution in [3.05, 3.63) is 23.8 Å². The molecule has 130 valence electrons. The Hall–Kier alpha value is -1.79. The largest absolute Gasteiger partial charge is 0.486 e. The Morgan fingerprint density at radius 1 is 1.04 bits per heavy atom. The van der Waals surface area contributed by atoms with Gasteiger partial charge in [-0.25, -0.2) is 5.43 Å². The molecule has 4 rings (SSSR count). The van der Waals surface area contributed by atoms with Gasteiger partial charge < -0.3 is 14.4 Å². The molecule has 0 saturated carbocycles. The maximum atomic E-state index is 13.0. The second-order valence-corrected chi connectivity index (χ2v) is 6.75. The zero-order valence-corrected chi connectivity index (χ0v) is 13.9. The van der Waals surface area contributed by atoms with Gasteiger partial charge in [0, 0.05) is 19.6 Å². The van der Waals surface area contributed by atoms with Gasteiger partial charge in [0.25, 0.3) is 0 Å². The Morgan fingerprint density at radius 2 is 1.79 bits per heavy atom. The molecule has 0 aromatic heterocycles. The summed E-state index contributed by atoms with van der Waals surface area (Å²) in [5.41, 5.74) is 7.51. The summed E-state index contributed by atoms with van der Waals surface area (Å²) in [7, 11) is 0. The molecule has 6 nitrogen and oxygen atoms in total. The van der Waals surface area contributed by atoms with Crippen molar-refractivity contribution in [2.75, 3.05) is 32.8 Å². The summed E-state index contributed by atoms with van der Waals surface area (Å²) >= 11 is 0. The molecule has 1 amide bonds. The van der Waals surface area contributed by atoms with Crippen molar-refractivity contribution in [3.8, 4) is 11.5 Å². The molecule has 6 heteroatoms. The Kier molecular flexibility index (Phi) is 4.58. The Labute approximate surface area is 142 Å². The molecule has 0 spiro atoms. The van der Waals surface area contributed by atoms with Gasteiger partial charge in [-0.2, -0.15) is 0 Å². The number of nitrogens with one attached hydrogen (secondary N) is 2. The zero-order valence-electron chi connectivity index (χ0n) is 13.9. The Balaban J connectivity index is 1.52. The minimum Gasteiger partial charge on any atom is -0.486 e. The van der Waals surface area contributed by atoms with E-state index in [2.05, 4.69) is 15.8 Å². The van der Waals surface area contributed by atoms with Crippen LogP contribution in [0.3, 0.4) is 0 Å². The van der Waals surface area contributed by atoms with Gasteiger partial charge in [-0.1, -0.05) is 18.9 Å². The molecule has 0 bridgehead atoms. The second kappa shape index (κ2) is 6.99. The van der Waals surface area contributed by atoms with E-state index < -0.39 is 0 Å². The lowest BCUT2D eigenvalue weighted by Crippen LogP contribution is -2.39. The minimum absolute atomic E-state index is 0.0309. The van der Waals surface area contributed by atoms with Crippen molar-refractivity contribution in [3.63, 3.8) is 0 Å². The van der Waals surface area contributed by atoms with E-state index in [4.69, 9.17) is 9.47 Å². The molecule has 1 aromatic carbocycles. The minimum atomic E-state index is -0.0781. The first-order valence-corrected chi connectivity index (χ1v) is 8.99. The summed E-state index contributed by atoms with van der Waals surface area (Å²) in [6, 6.07) is 5.94. The van der Waals surface area contributed by atoms with Gasteiger partial charge in [0.1, 0.15) is 13.2 Å². The first kappa shape index (κ1) is 15.7. The topological polar surface area (TPSA) is 62.8 Å². The van der Waals surface area contributed by atoms with E-state index in [0.717, 1.165) is 43.0 Å². The first-order valence-electron chi connectivity index (χ1n) is 8.99. The van der Waals surface area contributed by atoms with Gasteiger partial charge in [-0.3, -0.25) is 10.2 Å². The monoisotopic (exact) mass is 331 g/mol. The summed E-state index contributed by atoms with van der Waals surface area (Å²) in [5.74, 6) is 1.74. The summed E-state index contributed by atoms with van der Waals surface area (Å²) in [6.45, 7) is 3.61. The van der Waals surface area contributed by atoms with Crippen molar-refractivity contribution in [2.24, 2.45) is 5.92 Å². The van der Waals surface area contributed by atoms with E-state index in [1.807, 2.05) is 18.2 Å². The van der Waals surface area contributed by atoms with E-state index in [1.54, 1.807) is 0 Å². The van der Waals surface area contributed by atoms with Gasteiger partial charge >= 0.3 is 0 Å². The van der Waals surface area contributed by atoms with E-state index in [9.17, 15) is 4.79 Å². The number of ether oxygens (including phenoxy) is 2. The van der Waals surface area contributed by atoms with Crippen LogP contribution in [0.25, 0.3) is 0 Å². The molecule has 3 aliphatic heterocycles. The lowest BCUT2D eigenvalue weighted by molar-refractivity contribution is -0.135. The smallest absolute Gasteiger partial charge is 0.229 e. The van der Waals surface area contributed by atoms with E-state index >= 15 is 0 Å². The maximum absolute atomic E-state index is 13.0. The molecule has 2 saturated heterocycles. The van der Waals surface area contributed by atoms with Crippen LogP contribution in [0.15, 0.2) is 18.2 Å². The van der Waals surface area contributed by atoms with Crippen LogP contribution in [0.5, 0.6) is 11.5 Å². The Morgan fingerprint density at radius 3 is 2.58 bits per heavy atom. The highest BCUT2D eigenvalue weighted by Crippen LogP contribution is 2.35. The molecule has 2 unspecified atom stereocenters. The highest BCUT2D eigenvalue weighted by molar-refractivity contribution is 5.80. The fraction of sp³-hybridized carbons (Fsp3) is 0.611. The van der Waals surface area contributed by atoms with Crippen LogP contribution < -0.4 is 20.3 Å². The number of nitrogens with zero attached hydrogens (tertiary/aromatic N) is 1. The summed E-state index contributed by atoms with van der Waals surface area (Å²) < 4.78 is 11.3. The van der Waals surface area contributed by atoms with Crippen LogP contribution >= 0.6 is 0 Å². The lowest BCUT2D eigenvalue weighted by atomic mass is 9.93. The third kappa shape index (κ3) is 3.08. The van der Waals surface area contributed by atoms with Crippen LogP contribution in [-0.4, -0.2) is 43.7 Å². The molecule has 0 radical (unpaired) electrons. The number of benzene rings is 1. The average molecular weight is 331 g/mol. The standard InChI is InChI=1S/C18H25N3O3/c22-18(21-7-3-1-2-4-8-21)14-12-19-20-17(14)13-5-6-15-16(11-13)24-10-9-23-15/h5-6,11,14,17,19-20H,1-4,7-10,12H2. The molecule has 3 heterocycles. The van der Waals surface area contributed by atoms with Crippen molar-refractivity contribution >= 4 is 5.91 Å². The molecule has 24 heavy (non-hydrogen) atoms. The number of hydrogen-bond acceptors (Lipinski definition) is 5. The SMILES string of the molecule is O=C(C1CNNC1c1ccc2c(c1)OCCO2)N1CCCCCC1. The van der Waals surface area contributed by atoms with Gasteiger partial charge in [0.15, 0.2) is 11.5 Å². The summed E-state index contributed by atoms with van der Waals surface area (Å²) in [6.07, 6.45) is 4.70. The first-order chi connectivity index (χ1) is 11.8. The highest BCUT2D eigenvalue weighted by atomic mass is 16.6. The quantitative estimate of drug-likeness (QED) is 0.862. The van der Waals surface area contributed by atoms with Crippen LogP contribution in [0, 0.1) is 5.92 Å². The number of hydrogen-bond donors (Lipinski definition) is 2. The van der Waals surface area contributed by atoms with Crippen LogP contribution in [0.2, 0.25) is 0 Å². The summed E-state index contributed by atoms with van der Waals surface area (Å²) in [4.78, 5) is 15.1. The van der Waals surface area contributed by atoms with E-state index in [-0.39, 0.29) is 17.9 Å². The molecular weight excluding hydrogens is 306 g/mol. The molecular formula is C18H25N3O3. The number of hydrazine groups is 1.